The maximum atomic E-state index is 12.1. The largest absolute Gasteiger partial charge is 0.346 e. The number of thioether (sulfide) groups is 1. The number of aromatic nitrogens is 3. The van der Waals surface area contributed by atoms with E-state index in [1.165, 1.54) is 14.1 Å². The number of hydrogen-bond acceptors (Lipinski definition) is 6. The van der Waals surface area contributed by atoms with E-state index in [9.17, 15) is 14.4 Å². The van der Waals surface area contributed by atoms with Crippen LogP contribution in [0.4, 0.5) is 0 Å². The number of hydrazone groups is 1. The van der Waals surface area contributed by atoms with E-state index in [1.54, 1.807) is 0 Å². The molecule has 0 atom stereocenters. The second kappa shape index (κ2) is 9.86. The maximum absolute atomic E-state index is 12.1. The van der Waals surface area contributed by atoms with Crippen LogP contribution in [0.25, 0.3) is 0 Å². The van der Waals surface area contributed by atoms with Crippen molar-refractivity contribution in [3.05, 3.63) is 56.7 Å². The zero-order chi connectivity index (χ0) is 19.8. The molecule has 0 bridgehead atoms. The van der Waals surface area contributed by atoms with Crippen molar-refractivity contribution in [2.24, 2.45) is 19.2 Å². The minimum Gasteiger partial charge on any atom is -0.272 e. The van der Waals surface area contributed by atoms with Crippen LogP contribution < -0.4 is 16.7 Å². The highest BCUT2D eigenvalue weighted by atomic mass is 32.2. The fourth-order valence-electron chi connectivity index (χ4n) is 2.30. The van der Waals surface area contributed by atoms with E-state index in [1.807, 2.05) is 30.3 Å². The first-order chi connectivity index (χ1) is 12.9. The highest BCUT2D eigenvalue weighted by Gasteiger charge is 2.12. The van der Waals surface area contributed by atoms with Gasteiger partial charge < -0.3 is 0 Å². The van der Waals surface area contributed by atoms with Gasteiger partial charge in [0, 0.05) is 14.1 Å². The quantitative estimate of drug-likeness (QED) is 0.417. The number of unbranched alkanes of at least 4 members (excludes halogenated alkanes) is 1. The van der Waals surface area contributed by atoms with Gasteiger partial charge in [0.2, 0.25) is 5.91 Å². The van der Waals surface area contributed by atoms with Gasteiger partial charge in [-0.2, -0.15) is 10.2 Å². The standard InChI is InChI=1S/C18H23N5O3S/c1-4-5-11-14(13-9-7-6-8-10-13)19-20-15(24)12-27-16-17(25)22(2)18(26)23(3)21-16/h6-10H,4-5,11-12H2,1-3H3,(H,20,24)/b19-14-. The Labute approximate surface area is 161 Å². The van der Waals surface area contributed by atoms with Gasteiger partial charge in [-0.1, -0.05) is 55.4 Å². The number of hydrogen-bond donors (Lipinski definition) is 1. The topological polar surface area (TPSA) is 98.3 Å². The van der Waals surface area contributed by atoms with Crippen molar-refractivity contribution in [2.45, 2.75) is 31.2 Å². The average molecular weight is 389 g/mol. The molecule has 1 aromatic heterocycles. The van der Waals surface area contributed by atoms with E-state index in [0.717, 1.165) is 51.5 Å². The van der Waals surface area contributed by atoms with Crippen molar-refractivity contribution in [3.63, 3.8) is 0 Å². The van der Waals surface area contributed by atoms with Gasteiger partial charge in [0.05, 0.1) is 11.5 Å². The van der Waals surface area contributed by atoms with E-state index in [4.69, 9.17) is 0 Å². The Bertz CT molecular complexity index is 934. The van der Waals surface area contributed by atoms with Crippen LogP contribution in [0.5, 0.6) is 0 Å². The third-order valence-corrected chi connectivity index (χ3v) is 4.76. The molecule has 144 valence electrons. The lowest BCUT2D eigenvalue weighted by atomic mass is 10.1. The number of nitrogens with one attached hydrogen (secondary N) is 1. The fourth-order valence-corrected chi connectivity index (χ4v) is 3.07. The number of nitrogens with zero attached hydrogens (tertiary/aromatic N) is 4. The average Bonchev–Trinajstić information content (AvgIpc) is 2.68. The molecule has 1 heterocycles. The minimum atomic E-state index is -0.521. The van der Waals surface area contributed by atoms with E-state index >= 15 is 0 Å². The fraction of sp³-hybridized carbons (Fsp3) is 0.389. The van der Waals surface area contributed by atoms with E-state index in [0.29, 0.717) is 0 Å². The van der Waals surface area contributed by atoms with Crippen molar-refractivity contribution in [1.82, 2.24) is 19.8 Å². The first-order valence-electron chi connectivity index (χ1n) is 8.62. The smallest absolute Gasteiger partial charge is 0.272 e. The maximum Gasteiger partial charge on any atom is 0.346 e. The summed E-state index contributed by atoms with van der Waals surface area (Å²) in [6.45, 7) is 2.10. The summed E-state index contributed by atoms with van der Waals surface area (Å²) in [6, 6.07) is 9.68. The molecule has 1 amide bonds. The second-order valence-electron chi connectivity index (χ2n) is 5.93. The van der Waals surface area contributed by atoms with Gasteiger partial charge in [0.1, 0.15) is 0 Å². The summed E-state index contributed by atoms with van der Waals surface area (Å²) >= 11 is 0.972. The molecule has 8 nitrogen and oxygen atoms in total. The van der Waals surface area contributed by atoms with Gasteiger partial charge in [-0.05, 0) is 18.4 Å². The van der Waals surface area contributed by atoms with Crippen molar-refractivity contribution >= 4 is 23.4 Å². The number of rotatable bonds is 8. The molecule has 1 aromatic carbocycles. The molecule has 0 aliphatic rings. The number of aryl methyl sites for hydroxylation is 1. The lowest BCUT2D eigenvalue weighted by Crippen LogP contribution is -2.39. The Morgan fingerprint density at radius 3 is 2.59 bits per heavy atom. The van der Waals surface area contributed by atoms with E-state index in [-0.39, 0.29) is 16.7 Å². The highest BCUT2D eigenvalue weighted by Crippen LogP contribution is 2.10. The summed E-state index contributed by atoms with van der Waals surface area (Å²) in [7, 11) is 2.83. The van der Waals surface area contributed by atoms with Crippen LogP contribution in [0.2, 0.25) is 0 Å². The minimum absolute atomic E-state index is 0.0280. The Morgan fingerprint density at radius 1 is 1.22 bits per heavy atom. The molecule has 27 heavy (non-hydrogen) atoms. The lowest BCUT2D eigenvalue weighted by molar-refractivity contribution is -0.118. The summed E-state index contributed by atoms with van der Waals surface area (Å²) < 4.78 is 2.03. The molecule has 0 fully saturated rings. The molecule has 9 heteroatoms. The van der Waals surface area contributed by atoms with Gasteiger partial charge in [0.15, 0.2) is 5.03 Å². The van der Waals surface area contributed by atoms with Crippen LogP contribution in [0.3, 0.4) is 0 Å². The van der Waals surface area contributed by atoms with Crippen molar-refractivity contribution in [3.8, 4) is 0 Å². The summed E-state index contributed by atoms with van der Waals surface area (Å²) in [5, 5.41) is 8.26. The van der Waals surface area contributed by atoms with Crippen LogP contribution >= 0.6 is 11.8 Å². The molecule has 0 aliphatic carbocycles. The summed E-state index contributed by atoms with van der Waals surface area (Å²) in [5.41, 5.74) is 3.29. The van der Waals surface area contributed by atoms with Gasteiger partial charge in [-0.3, -0.25) is 14.2 Å². The molecule has 2 aromatic rings. The normalized spacial score (nSPS) is 11.4. The summed E-state index contributed by atoms with van der Waals surface area (Å²) in [6.07, 6.45) is 2.75. The molecule has 0 aliphatic heterocycles. The molecule has 0 saturated carbocycles. The zero-order valence-electron chi connectivity index (χ0n) is 15.6. The van der Waals surface area contributed by atoms with Crippen LogP contribution in [0.1, 0.15) is 31.7 Å². The first kappa shape index (κ1) is 20.6. The molecule has 0 radical (unpaired) electrons. The molecule has 2 rings (SSSR count). The van der Waals surface area contributed by atoms with Gasteiger partial charge in [-0.25, -0.2) is 14.9 Å². The van der Waals surface area contributed by atoms with Crippen LogP contribution in [-0.2, 0) is 18.9 Å². The third-order valence-electron chi connectivity index (χ3n) is 3.82. The highest BCUT2D eigenvalue weighted by molar-refractivity contribution is 7.99. The van der Waals surface area contributed by atoms with Gasteiger partial charge in [0.25, 0.3) is 5.56 Å². The van der Waals surface area contributed by atoms with Crippen LogP contribution in [-0.4, -0.2) is 31.7 Å². The van der Waals surface area contributed by atoms with Gasteiger partial charge in [-0.15, -0.1) is 0 Å². The Hall–Kier alpha value is -2.68. The number of amides is 1. The van der Waals surface area contributed by atoms with Crippen molar-refractivity contribution in [1.29, 1.82) is 0 Å². The molecule has 0 unspecified atom stereocenters. The monoisotopic (exact) mass is 389 g/mol. The predicted octanol–water partition coefficient (Wildman–Crippen LogP) is 1.28. The number of benzene rings is 1. The summed E-state index contributed by atoms with van der Waals surface area (Å²) in [5.74, 6) is -0.373. The van der Waals surface area contributed by atoms with Crippen molar-refractivity contribution in [2.75, 3.05) is 5.75 Å². The lowest BCUT2D eigenvalue weighted by Gasteiger charge is -2.07. The van der Waals surface area contributed by atoms with Crippen LogP contribution in [0, 0.1) is 0 Å². The second-order valence-corrected chi connectivity index (χ2v) is 6.89. The number of carbonyl (C=O) groups excluding carboxylic acids is 1. The number of carbonyl (C=O) groups is 1. The van der Waals surface area contributed by atoms with Crippen LogP contribution in [0.15, 0.2) is 50.0 Å². The van der Waals surface area contributed by atoms with E-state index in [2.05, 4.69) is 22.5 Å². The first-order valence-corrected chi connectivity index (χ1v) is 9.60. The predicted molar refractivity (Wildman–Crippen MR) is 106 cm³/mol. The summed E-state index contributed by atoms with van der Waals surface area (Å²) in [4.78, 5) is 35.8. The molecule has 0 spiro atoms. The Kier molecular flexibility index (Phi) is 7.54. The SMILES string of the molecule is CCCC/C(=N/NC(=O)CSc1nn(C)c(=O)n(C)c1=O)c1ccccc1. The van der Waals surface area contributed by atoms with Gasteiger partial charge >= 0.3 is 5.69 Å². The van der Waals surface area contributed by atoms with Crippen molar-refractivity contribution < 1.29 is 4.79 Å². The zero-order valence-corrected chi connectivity index (χ0v) is 16.5. The molecular formula is C18H23N5O3S. The Morgan fingerprint density at radius 2 is 1.93 bits per heavy atom. The molecule has 1 N–H and O–H groups in total. The Balaban J connectivity index is 2.05. The third kappa shape index (κ3) is 5.65. The van der Waals surface area contributed by atoms with E-state index < -0.39 is 11.2 Å². The molecule has 0 saturated heterocycles. The molecular weight excluding hydrogens is 366 g/mol.